The Kier molecular flexibility index (Phi) is 3.66. The summed E-state index contributed by atoms with van der Waals surface area (Å²) in [5.74, 6) is 0.903. The van der Waals surface area contributed by atoms with Gasteiger partial charge in [-0.1, -0.05) is 23.2 Å². The van der Waals surface area contributed by atoms with E-state index in [-0.39, 0.29) is 0 Å². The van der Waals surface area contributed by atoms with Crippen LogP contribution in [0.2, 0.25) is 10.0 Å². The first kappa shape index (κ1) is 14.0. The molecule has 0 saturated carbocycles. The average Bonchev–Trinajstić information content (AvgIpc) is 2.89. The predicted molar refractivity (Wildman–Crippen MR) is 85.6 cm³/mol. The lowest BCUT2D eigenvalue weighted by Gasteiger charge is -2.06. The zero-order valence-corrected chi connectivity index (χ0v) is 12.9. The maximum atomic E-state index is 6.14. The zero-order valence-electron chi connectivity index (χ0n) is 11.4. The van der Waals surface area contributed by atoms with Crippen molar-refractivity contribution in [3.8, 4) is 17.2 Å². The van der Waals surface area contributed by atoms with Gasteiger partial charge >= 0.3 is 0 Å². The van der Waals surface area contributed by atoms with Crippen LogP contribution in [0.25, 0.3) is 22.6 Å². The van der Waals surface area contributed by atoms with Gasteiger partial charge in [-0.05, 0) is 30.3 Å². The minimum absolute atomic E-state index is 0.415. The van der Waals surface area contributed by atoms with Crippen molar-refractivity contribution in [2.24, 2.45) is 0 Å². The summed E-state index contributed by atoms with van der Waals surface area (Å²) in [5, 5.41) is 3.89. The van der Waals surface area contributed by atoms with Gasteiger partial charge in [-0.25, -0.2) is 4.98 Å². The fourth-order valence-electron chi connectivity index (χ4n) is 2.08. The number of halogens is 2. The van der Waals surface area contributed by atoms with E-state index in [1.54, 1.807) is 12.1 Å². The number of nitrogens with one attached hydrogen (secondary N) is 1. The molecule has 0 amide bonds. The van der Waals surface area contributed by atoms with Gasteiger partial charge in [0.1, 0.15) is 5.52 Å². The molecule has 0 atom stereocenters. The first-order chi connectivity index (χ1) is 10.1. The minimum Gasteiger partial charge on any atom is -0.494 e. The van der Waals surface area contributed by atoms with Crippen molar-refractivity contribution in [2.45, 2.75) is 0 Å². The molecule has 0 unspecified atom stereocenters. The molecule has 0 aliphatic carbocycles. The van der Waals surface area contributed by atoms with Crippen LogP contribution in [0.15, 0.2) is 34.7 Å². The lowest BCUT2D eigenvalue weighted by atomic mass is 10.2. The quantitative estimate of drug-likeness (QED) is 0.748. The predicted octanol–water partition coefficient (Wildman–Crippen LogP) is 4.85. The summed E-state index contributed by atoms with van der Waals surface area (Å²) < 4.78 is 10.9. The smallest absolute Gasteiger partial charge is 0.227 e. The summed E-state index contributed by atoms with van der Waals surface area (Å²) in [7, 11) is 3.37. The first-order valence-corrected chi connectivity index (χ1v) is 6.99. The number of aromatic nitrogens is 1. The van der Waals surface area contributed by atoms with Crippen molar-refractivity contribution < 1.29 is 9.15 Å². The van der Waals surface area contributed by atoms with Crippen LogP contribution >= 0.6 is 23.2 Å². The Hall–Kier alpha value is -1.91. The summed E-state index contributed by atoms with van der Waals surface area (Å²) in [6, 6.07) is 9.14. The van der Waals surface area contributed by atoms with Crippen LogP contribution in [0.1, 0.15) is 0 Å². The van der Waals surface area contributed by atoms with Gasteiger partial charge in [0.15, 0.2) is 11.3 Å². The van der Waals surface area contributed by atoms with Crippen LogP contribution < -0.4 is 10.1 Å². The molecule has 0 bridgehead atoms. The summed E-state index contributed by atoms with van der Waals surface area (Å²) in [6.07, 6.45) is 0. The second-order valence-electron chi connectivity index (χ2n) is 4.42. The van der Waals surface area contributed by atoms with Crippen LogP contribution in [0.3, 0.4) is 0 Å². The van der Waals surface area contributed by atoms with Crippen LogP contribution in [0.5, 0.6) is 5.75 Å². The van der Waals surface area contributed by atoms with E-state index in [4.69, 9.17) is 32.4 Å². The van der Waals surface area contributed by atoms with Crippen molar-refractivity contribution in [1.82, 2.24) is 4.98 Å². The van der Waals surface area contributed by atoms with Gasteiger partial charge in [-0.15, -0.1) is 0 Å². The van der Waals surface area contributed by atoms with E-state index in [2.05, 4.69) is 10.3 Å². The first-order valence-electron chi connectivity index (χ1n) is 6.24. The average molecular weight is 323 g/mol. The van der Waals surface area contributed by atoms with E-state index >= 15 is 0 Å². The number of anilines is 1. The van der Waals surface area contributed by atoms with Crippen molar-refractivity contribution in [2.75, 3.05) is 19.5 Å². The Bertz CT molecular complexity index is 792. The van der Waals surface area contributed by atoms with Gasteiger partial charge < -0.3 is 14.5 Å². The van der Waals surface area contributed by atoms with Gasteiger partial charge in [0.05, 0.1) is 17.2 Å². The zero-order chi connectivity index (χ0) is 15.0. The molecule has 0 fully saturated rings. The number of fused-ring (bicyclic) bond motifs is 1. The third-order valence-electron chi connectivity index (χ3n) is 3.13. The number of ether oxygens (including phenoxy) is 1. The summed E-state index contributed by atoms with van der Waals surface area (Å²) in [4.78, 5) is 4.46. The van der Waals surface area contributed by atoms with Crippen LogP contribution in [0, 0.1) is 0 Å². The molecule has 0 saturated heterocycles. The number of oxazole rings is 1. The normalized spacial score (nSPS) is 10.9. The van der Waals surface area contributed by atoms with E-state index in [0.29, 0.717) is 32.8 Å². The number of hydrogen-bond donors (Lipinski definition) is 1. The van der Waals surface area contributed by atoms with E-state index in [1.165, 1.54) is 7.11 Å². The molecule has 1 aromatic heterocycles. The Labute approximate surface area is 131 Å². The van der Waals surface area contributed by atoms with E-state index in [1.807, 2.05) is 25.2 Å². The van der Waals surface area contributed by atoms with Crippen molar-refractivity contribution in [3.63, 3.8) is 0 Å². The summed E-state index contributed by atoms with van der Waals surface area (Å²) in [5.41, 5.74) is 3.13. The second kappa shape index (κ2) is 5.47. The van der Waals surface area contributed by atoms with Crippen molar-refractivity contribution in [1.29, 1.82) is 0 Å². The lowest BCUT2D eigenvalue weighted by molar-refractivity contribution is 0.415. The monoisotopic (exact) mass is 322 g/mol. The SMILES string of the molecule is CNc1ccc2oc(-c3cc(Cl)c(OC)c(Cl)c3)nc2c1. The van der Waals surface area contributed by atoms with Crippen LogP contribution in [0.4, 0.5) is 5.69 Å². The number of hydrogen-bond acceptors (Lipinski definition) is 4. The third kappa shape index (κ3) is 2.52. The Balaban J connectivity index is 2.12. The molecule has 0 aliphatic rings. The number of rotatable bonds is 3. The molecule has 0 radical (unpaired) electrons. The summed E-state index contributed by atoms with van der Waals surface area (Å²) >= 11 is 12.3. The number of nitrogens with zero attached hydrogens (tertiary/aromatic N) is 1. The van der Waals surface area contributed by atoms with Gasteiger partial charge in [0.25, 0.3) is 0 Å². The minimum atomic E-state index is 0.415. The highest BCUT2D eigenvalue weighted by atomic mass is 35.5. The maximum Gasteiger partial charge on any atom is 0.227 e. The molecule has 1 heterocycles. The van der Waals surface area contributed by atoms with Crippen molar-refractivity contribution >= 4 is 40.0 Å². The largest absolute Gasteiger partial charge is 0.494 e. The maximum absolute atomic E-state index is 6.14. The molecule has 1 N–H and O–H groups in total. The topological polar surface area (TPSA) is 47.3 Å². The molecular formula is C15H12Cl2N2O2. The van der Waals surface area contributed by atoms with E-state index in [0.717, 1.165) is 11.2 Å². The van der Waals surface area contributed by atoms with E-state index in [9.17, 15) is 0 Å². The Morgan fingerprint density at radius 2 is 1.86 bits per heavy atom. The fraction of sp³-hybridized carbons (Fsp3) is 0.133. The number of benzene rings is 2. The Morgan fingerprint density at radius 3 is 2.48 bits per heavy atom. The molecular weight excluding hydrogens is 311 g/mol. The highest BCUT2D eigenvalue weighted by molar-refractivity contribution is 6.37. The molecule has 0 spiro atoms. The van der Waals surface area contributed by atoms with Gasteiger partial charge in [0.2, 0.25) is 5.89 Å². The highest BCUT2D eigenvalue weighted by Gasteiger charge is 2.14. The Morgan fingerprint density at radius 1 is 1.14 bits per heavy atom. The molecule has 3 rings (SSSR count). The fourth-order valence-corrected chi connectivity index (χ4v) is 2.73. The molecule has 21 heavy (non-hydrogen) atoms. The van der Waals surface area contributed by atoms with Crippen LogP contribution in [-0.2, 0) is 0 Å². The van der Waals surface area contributed by atoms with Gasteiger partial charge in [-0.2, -0.15) is 0 Å². The lowest BCUT2D eigenvalue weighted by Crippen LogP contribution is -1.87. The van der Waals surface area contributed by atoms with Gasteiger partial charge in [-0.3, -0.25) is 0 Å². The third-order valence-corrected chi connectivity index (χ3v) is 3.69. The summed E-state index contributed by atoms with van der Waals surface area (Å²) in [6.45, 7) is 0. The molecule has 4 nitrogen and oxygen atoms in total. The second-order valence-corrected chi connectivity index (χ2v) is 5.24. The molecule has 6 heteroatoms. The van der Waals surface area contributed by atoms with Crippen molar-refractivity contribution in [3.05, 3.63) is 40.4 Å². The molecule has 2 aromatic carbocycles. The molecule has 0 aliphatic heterocycles. The standard InChI is InChI=1S/C15H12Cl2N2O2/c1-18-9-3-4-13-12(7-9)19-15(21-13)8-5-10(16)14(20-2)11(17)6-8/h3-7,18H,1-2H3. The molecule has 108 valence electrons. The van der Waals surface area contributed by atoms with E-state index < -0.39 is 0 Å². The number of methoxy groups -OCH3 is 1. The highest BCUT2D eigenvalue weighted by Crippen LogP contribution is 2.37. The molecule has 3 aromatic rings. The van der Waals surface area contributed by atoms with Crippen LogP contribution in [-0.4, -0.2) is 19.1 Å². The van der Waals surface area contributed by atoms with Gasteiger partial charge in [0, 0.05) is 18.3 Å².